The number of esters is 1. The van der Waals surface area contributed by atoms with Crippen LogP contribution in [0.5, 0.6) is 0 Å². The summed E-state index contributed by atoms with van der Waals surface area (Å²) in [6.45, 7) is 1.92. The predicted molar refractivity (Wildman–Crippen MR) is 84.0 cm³/mol. The second-order valence-electron chi connectivity index (χ2n) is 4.68. The van der Waals surface area contributed by atoms with Crippen LogP contribution >= 0.6 is 0 Å². The van der Waals surface area contributed by atoms with Crippen LogP contribution in [0.4, 0.5) is 0 Å². The minimum Gasteiger partial charge on any atom is -0.465 e. The van der Waals surface area contributed by atoms with Gasteiger partial charge in [0.15, 0.2) is 0 Å². The molecule has 0 heterocycles. The number of ether oxygens (including phenoxy) is 1. The van der Waals surface area contributed by atoms with Crippen LogP contribution in [0.2, 0.25) is 0 Å². The second kappa shape index (κ2) is 7.17. The maximum atomic E-state index is 11.9. The Kier molecular flexibility index (Phi) is 5.03. The molecule has 0 aromatic heterocycles. The van der Waals surface area contributed by atoms with Gasteiger partial charge < -0.3 is 4.74 Å². The topological polar surface area (TPSA) is 67.8 Å². The maximum Gasteiger partial charge on any atom is 0.337 e. The van der Waals surface area contributed by atoms with Crippen molar-refractivity contribution in [2.45, 2.75) is 6.92 Å². The van der Waals surface area contributed by atoms with Gasteiger partial charge in [0.05, 0.1) is 18.9 Å². The van der Waals surface area contributed by atoms with Crippen LogP contribution < -0.4 is 5.43 Å². The zero-order valence-electron chi connectivity index (χ0n) is 12.4. The van der Waals surface area contributed by atoms with Crippen molar-refractivity contribution in [2.75, 3.05) is 7.11 Å². The monoisotopic (exact) mass is 296 g/mol. The van der Waals surface area contributed by atoms with Gasteiger partial charge in [-0.1, -0.05) is 29.8 Å². The smallest absolute Gasteiger partial charge is 0.337 e. The van der Waals surface area contributed by atoms with Gasteiger partial charge in [0.2, 0.25) is 0 Å². The third kappa shape index (κ3) is 4.02. The SMILES string of the molecule is COC(=O)c1ccc(/C=N/NC(=O)c2cccc(C)c2)cc1. The van der Waals surface area contributed by atoms with E-state index in [1.807, 2.05) is 19.1 Å². The van der Waals surface area contributed by atoms with Crippen molar-refractivity contribution in [3.05, 3.63) is 70.8 Å². The quantitative estimate of drug-likeness (QED) is 0.535. The number of aryl methyl sites for hydroxylation is 1. The van der Waals surface area contributed by atoms with E-state index in [1.54, 1.807) is 36.4 Å². The van der Waals surface area contributed by atoms with Crippen molar-refractivity contribution < 1.29 is 14.3 Å². The molecular formula is C17H16N2O3. The first-order valence-electron chi connectivity index (χ1n) is 6.68. The van der Waals surface area contributed by atoms with E-state index in [4.69, 9.17) is 0 Å². The minimum atomic E-state index is -0.392. The van der Waals surface area contributed by atoms with E-state index in [-0.39, 0.29) is 5.91 Å². The molecule has 22 heavy (non-hydrogen) atoms. The number of nitrogens with zero attached hydrogens (tertiary/aromatic N) is 1. The molecular weight excluding hydrogens is 280 g/mol. The predicted octanol–water partition coefficient (Wildman–Crippen LogP) is 2.55. The summed E-state index contributed by atoms with van der Waals surface area (Å²) in [5, 5.41) is 3.90. The van der Waals surface area contributed by atoms with Crippen LogP contribution in [-0.2, 0) is 4.74 Å². The molecule has 0 bridgehead atoms. The number of benzene rings is 2. The van der Waals surface area contributed by atoms with Gasteiger partial charge in [-0.25, -0.2) is 10.2 Å². The third-order valence-electron chi connectivity index (χ3n) is 2.99. The van der Waals surface area contributed by atoms with Crippen molar-refractivity contribution >= 4 is 18.1 Å². The number of carbonyl (C=O) groups is 2. The fourth-order valence-corrected chi connectivity index (χ4v) is 1.84. The number of nitrogens with one attached hydrogen (secondary N) is 1. The molecule has 0 saturated carbocycles. The normalized spacial score (nSPS) is 10.5. The summed E-state index contributed by atoms with van der Waals surface area (Å²) < 4.78 is 4.62. The van der Waals surface area contributed by atoms with Gasteiger partial charge in [-0.05, 0) is 36.8 Å². The lowest BCUT2D eigenvalue weighted by Gasteiger charge is -2.01. The fourth-order valence-electron chi connectivity index (χ4n) is 1.84. The summed E-state index contributed by atoms with van der Waals surface area (Å²) in [4.78, 5) is 23.2. The molecule has 1 amide bonds. The lowest BCUT2D eigenvalue weighted by atomic mass is 10.1. The van der Waals surface area contributed by atoms with Gasteiger partial charge >= 0.3 is 5.97 Å². The van der Waals surface area contributed by atoms with E-state index in [0.29, 0.717) is 11.1 Å². The van der Waals surface area contributed by atoms with Crippen molar-refractivity contribution in [3.8, 4) is 0 Å². The minimum absolute atomic E-state index is 0.272. The van der Waals surface area contributed by atoms with Crippen LogP contribution in [-0.4, -0.2) is 25.2 Å². The van der Waals surface area contributed by atoms with Crippen LogP contribution in [0, 0.1) is 6.92 Å². The third-order valence-corrected chi connectivity index (χ3v) is 2.99. The summed E-state index contributed by atoms with van der Waals surface area (Å²) in [5.41, 5.74) is 5.25. The number of rotatable bonds is 4. The molecule has 2 aromatic carbocycles. The Bertz CT molecular complexity index is 706. The Balaban J connectivity index is 1.97. The molecule has 0 saturated heterocycles. The number of methoxy groups -OCH3 is 1. The van der Waals surface area contributed by atoms with E-state index in [9.17, 15) is 9.59 Å². The Labute approximate surface area is 128 Å². The van der Waals surface area contributed by atoms with E-state index in [2.05, 4.69) is 15.3 Å². The zero-order valence-corrected chi connectivity index (χ0v) is 12.4. The van der Waals surface area contributed by atoms with Crippen LogP contribution in [0.25, 0.3) is 0 Å². The van der Waals surface area contributed by atoms with E-state index >= 15 is 0 Å². The summed E-state index contributed by atoms with van der Waals surface area (Å²) in [6, 6.07) is 14.0. The average molecular weight is 296 g/mol. The lowest BCUT2D eigenvalue weighted by molar-refractivity contribution is 0.0600. The van der Waals surface area contributed by atoms with E-state index < -0.39 is 5.97 Å². The Hall–Kier alpha value is -2.95. The zero-order chi connectivity index (χ0) is 15.9. The molecule has 5 nitrogen and oxygen atoms in total. The molecule has 0 fully saturated rings. The van der Waals surface area contributed by atoms with Crippen LogP contribution in [0.3, 0.4) is 0 Å². The first kappa shape index (κ1) is 15.4. The number of hydrogen-bond acceptors (Lipinski definition) is 4. The van der Waals surface area contributed by atoms with Gasteiger partial charge in [0.25, 0.3) is 5.91 Å². The molecule has 0 aliphatic carbocycles. The Morgan fingerprint density at radius 3 is 2.45 bits per heavy atom. The Morgan fingerprint density at radius 1 is 1.09 bits per heavy atom. The van der Waals surface area contributed by atoms with E-state index in [1.165, 1.54) is 13.3 Å². The van der Waals surface area contributed by atoms with Crippen molar-refractivity contribution in [1.29, 1.82) is 0 Å². The number of carbonyl (C=O) groups excluding carboxylic acids is 2. The first-order valence-corrected chi connectivity index (χ1v) is 6.68. The highest BCUT2D eigenvalue weighted by Gasteiger charge is 2.04. The molecule has 0 spiro atoms. The first-order chi connectivity index (χ1) is 10.6. The highest BCUT2D eigenvalue weighted by molar-refractivity contribution is 5.95. The highest BCUT2D eigenvalue weighted by Crippen LogP contribution is 2.05. The molecule has 112 valence electrons. The molecule has 0 aliphatic rings. The summed E-state index contributed by atoms with van der Waals surface area (Å²) in [6.07, 6.45) is 1.51. The van der Waals surface area contributed by atoms with E-state index in [0.717, 1.165) is 11.1 Å². The molecule has 0 radical (unpaired) electrons. The molecule has 2 aromatic rings. The largest absolute Gasteiger partial charge is 0.465 e. The number of hydrazone groups is 1. The van der Waals surface area contributed by atoms with Crippen molar-refractivity contribution in [2.24, 2.45) is 5.10 Å². The van der Waals surface area contributed by atoms with Gasteiger partial charge in [0, 0.05) is 5.56 Å². The standard InChI is InChI=1S/C17H16N2O3/c1-12-4-3-5-15(10-12)16(20)19-18-11-13-6-8-14(9-7-13)17(21)22-2/h3-11H,1-2H3,(H,19,20)/b18-11+. The summed E-state index contributed by atoms with van der Waals surface area (Å²) in [5.74, 6) is -0.664. The summed E-state index contributed by atoms with van der Waals surface area (Å²) in [7, 11) is 1.33. The molecule has 1 N–H and O–H groups in total. The molecule has 0 atom stereocenters. The Morgan fingerprint density at radius 2 is 1.82 bits per heavy atom. The summed E-state index contributed by atoms with van der Waals surface area (Å²) >= 11 is 0. The van der Waals surface area contributed by atoms with Crippen molar-refractivity contribution in [1.82, 2.24) is 5.43 Å². The molecule has 0 aliphatic heterocycles. The maximum absolute atomic E-state index is 11.9. The molecule has 0 unspecified atom stereocenters. The molecule has 2 rings (SSSR count). The van der Waals surface area contributed by atoms with Crippen LogP contribution in [0.1, 0.15) is 31.8 Å². The fraction of sp³-hybridized carbons (Fsp3) is 0.118. The highest BCUT2D eigenvalue weighted by atomic mass is 16.5. The lowest BCUT2D eigenvalue weighted by Crippen LogP contribution is -2.17. The van der Waals surface area contributed by atoms with Gasteiger partial charge in [-0.3, -0.25) is 4.79 Å². The second-order valence-corrected chi connectivity index (χ2v) is 4.68. The van der Waals surface area contributed by atoms with Gasteiger partial charge in [-0.15, -0.1) is 0 Å². The van der Waals surface area contributed by atoms with Gasteiger partial charge in [0.1, 0.15) is 0 Å². The number of amides is 1. The average Bonchev–Trinajstić information content (AvgIpc) is 2.54. The number of hydrogen-bond donors (Lipinski definition) is 1. The van der Waals surface area contributed by atoms with Gasteiger partial charge in [-0.2, -0.15) is 5.10 Å². The van der Waals surface area contributed by atoms with Crippen molar-refractivity contribution in [3.63, 3.8) is 0 Å². The molecule has 5 heteroatoms. The van der Waals surface area contributed by atoms with Crippen LogP contribution in [0.15, 0.2) is 53.6 Å².